The van der Waals surface area contributed by atoms with Crippen LogP contribution in [0.3, 0.4) is 0 Å². The van der Waals surface area contributed by atoms with Gasteiger partial charge in [0.25, 0.3) is 17.7 Å². The largest absolute Gasteiger partial charge is 0.369 e. The lowest BCUT2D eigenvalue weighted by Gasteiger charge is -2.38. The maximum atomic E-state index is 13.5. The molecule has 0 aliphatic carbocycles. The fraction of sp³-hybridized carbons (Fsp3) is 0.257. The quantitative estimate of drug-likeness (QED) is 0.233. The highest BCUT2D eigenvalue weighted by molar-refractivity contribution is 6.23. The summed E-state index contributed by atoms with van der Waals surface area (Å²) in [5.74, 6) is 3.97. The molecule has 0 radical (unpaired) electrons. The summed E-state index contributed by atoms with van der Waals surface area (Å²) in [7, 11) is 0. The molecule has 5 heterocycles. The average Bonchev–Trinajstić information content (AvgIpc) is 3.82. The van der Waals surface area contributed by atoms with E-state index in [1.807, 2.05) is 4.90 Å². The van der Waals surface area contributed by atoms with Gasteiger partial charge in [0.1, 0.15) is 11.6 Å². The molecule has 0 saturated carbocycles. The van der Waals surface area contributed by atoms with Crippen LogP contribution in [-0.2, 0) is 19.9 Å². The number of fused-ring (bicyclic) bond motifs is 1. The SMILES string of the molecule is CC(C)(C(=O)Nc1ccc(C#N)cc1-n1cccn1)n1cc(C#CC2CN(c3ccc4c(c3)C(=O)N(C3CCC(=O)NC3=O)C4=O)C2)cn1. The Morgan fingerprint density at radius 1 is 1.02 bits per heavy atom. The Morgan fingerprint density at radius 2 is 1.82 bits per heavy atom. The van der Waals surface area contributed by atoms with Gasteiger partial charge in [0, 0.05) is 43.8 Å². The Balaban J connectivity index is 0.986. The summed E-state index contributed by atoms with van der Waals surface area (Å²) >= 11 is 0. The lowest BCUT2D eigenvalue weighted by atomic mass is 9.98. The predicted molar refractivity (Wildman–Crippen MR) is 174 cm³/mol. The number of rotatable bonds is 6. The third-order valence-electron chi connectivity index (χ3n) is 8.93. The van der Waals surface area contributed by atoms with Crippen molar-refractivity contribution < 1.29 is 24.0 Å². The molecule has 14 heteroatoms. The van der Waals surface area contributed by atoms with Gasteiger partial charge in [0.15, 0.2) is 0 Å². The van der Waals surface area contributed by atoms with Crippen molar-refractivity contribution >= 4 is 40.9 Å². The molecule has 2 saturated heterocycles. The number of anilines is 2. The Hall–Kier alpha value is -6.54. The third kappa shape index (κ3) is 5.59. The summed E-state index contributed by atoms with van der Waals surface area (Å²) in [6.45, 7) is 4.70. The molecule has 2 aromatic heterocycles. The monoisotopic (exact) mass is 655 g/mol. The molecule has 2 N–H and O–H groups in total. The van der Waals surface area contributed by atoms with E-state index in [1.54, 1.807) is 90.5 Å². The minimum Gasteiger partial charge on any atom is -0.369 e. The number of nitriles is 1. The van der Waals surface area contributed by atoms with Crippen LogP contribution >= 0.6 is 0 Å². The fourth-order valence-electron chi connectivity index (χ4n) is 6.00. The topological polar surface area (TPSA) is 175 Å². The lowest BCUT2D eigenvalue weighted by Crippen LogP contribution is -2.54. The first-order valence-electron chi connectivity index (χ1n) is 15.6. The zero-order valence-corrected chi connectivity index (χ0v) is 26.5. The zero-order valence-electron chi connectivity index (χ0n) is 26.5. The van der Waals surface area contributed by atoms with Gasteiger partial charge in [-0.1, -0.05) is 11.8 Å². The molecule has 5 amide bonds. The zero-order chi connectivity index (χ0) is 34.4. The van der Waals surface area contributed by atoms with E-state index in [-0.39, 0.29) is 35.8 Å². The number of nitrogens with one attached hydrogen (secondary N) is 2. The van der Waals surface area contributed by atoms with E-state index in [9.17, 15) is 29.2 Å². The average molecular weight is 656 g/mol. The number of carbonyl (C=O) groups is 5. The van der Waals surface area contributed by atoms with Crippen molar-refractivity contribution in [2.75, 3.05) is 23.3 Å². The summed E-state index contributed by atoms with van der Waals surface area (Å²) in [6, 6.07) is 12.8. The van der Waals surface area contributed by atoms with Crippen LogP contribution in [0.5, 0.6) is 0 Å². The van der Waals surface area contributed by atoms with Crippen LogP contribution in [-0.4, -0.2) is 73.1 Å². The van der Waals surface area contributed by atoms with Crippen molar-refractivity contribution in [2.24, 2.45) is 5.92 Å². The standard InChI is InChI=1S/C35H29N9O5/c1-35(2,34(49)39-27-9-6-21(16-36)14-29(27)42-13-3-12-37-42)43-20-22(17-38-43)4-5-23-18-41(19-23)24-7-8-25-26(15-24)33(48)44(32(25)47)28-10-11-30(45)40-31(28)46/h3,6-9,12-15,17,20,23,28H,10-11,18-19H2,1-2H3,(H,39,49)(H,40,45,46). The molecule has 0 bridgehead atoms. The fourth-order valence-corrected chi connectivity index (χ4v) is 6.00. The Morgan fingerprint density at radius 3 is 2.55 bits per heavy atom. The van der Waals surface area contributed by atoms with Crippen LogP contribution in [0.2, 0.25) is 0 Å². The number of carbonyl (C=O) groups excluding carboxylic acids is 5. The highest BCUT2D eigenvalue weighted by Crippen LogP contribution is 2.33. The van der Waals surface area contributed by atoms with Crippen molar-refractivity contribution in [3.63, 3.8) is 0 Å². The van der Waals surface area contributed by atoms with Gasteiger partial charge in [-0.2, -0.15) is 15.5 Å². The molecule has 4 aromatic rings. The van der Waals surface area contributed by atoms with Crippen molar-refractivity contribution in [3.05, 3.63) is 89.5 Å². The first-order chi connectivity index (χ1) is 23.5. The van der Waals surface area contributed by atoms with E-state index >= 15 is 0 Å². The molecule has 3 aliphatic rings. The Labute approximate surface area is 280 Å². The molecule has 7 rings (SSSR count). The first kappa shape index (κ1) is 31.1. The summed E-state index contributed by atoms with van der Waals surface area (Å²) in [4.78, 5) is 66.5. The van der Waals surface area contributed by atoms with Gasteiger partial charge in [0.2, 0.25) is 11.8 Å². The number of benzene rings is 2. The van der Waals surface area contributed by atoms with Gasteiger partial charge in [-0.25, -0.2) is 4.68 Å². The second-order valence-electron chi connectivity index (χ2n) is 12.5. The maximum absolute atomic E-state index is 13.5. The highest BCUT2D eigenvalue weighted by Gasteiger charge is 2.45. The molecule has 2 aromatic carbocycles. The number of hydrogen-bond acceptors (Lipinski definition) is 9. The van der Waals surface area contributed by atoms with Gasteiger partial charge in [0.05, 0.1) is 51.8 Å². The maximum Gasteiger partial charge on any atom is 0.262 e. The van der Waals surface area contributed by atoms with E-state index in [0.29, 0.717) is 35.6 Å². The highest BCUT2D eigenvalue weighted by atomic mass is 16.2. The summed E-state index contributed by atoms with van der Waals surface area (Å²) in [5.41, 5.74) is 2.29. The minimum absolute atomic E-state index is 0.0438. The molecule has 244 valence electrons. The third-order valence-corrected chi connectivity index (χ3v) is 8.93. The summed E-state index contributed by atoms with van der Waals surface area (Å²) < 4.78 is 3.13. The van der Waals surface area contributed by atoms with E-state index in [4.69, 9.17) is 0 Å². The first-order valence-corrected chi connectivity index (χ1v) is 15.6. The summed E-state index contributed by atoms with van der Waals surface area (Å²) in [5, 5.41) is 23.1. The smallest absolute Gasteiger partial charge is 0.262 e. The van der Waals surface area contributed by atoms with Gasteiger partial charge < -0.3 is 10.2 Å². The normalized spacial score (nSPS) is 17.5. The van der Waals surface area contributed by atoms with Crippen molar-refractivity contribution in [1.82, 2.24) is 29.8 Å². The summed E-state index contributed by atoms with van der Waals surface area (Å²) in [6.07, 6.45) is 6.82. The van der Waals surface area contributed by atoms with Crippen LogP contribution in [0.25, 0.3) is 5.69 Å². The van der Waals surface area contributed by atoms with Crippen LogP contribution in [0.4, 0.5) is 11.4 Å². The number of piperidine rings is 1. The van der Waals surface area contributed by atoms with Crippen LogP contribution < -0.4 is 15.5 Å². The molecule has 14 nitrogen and oxygen atoms in total. The van der Waals surface area contributed by atoms with Crippen LogP contribution in [0.1, 0.15) is 58.5 Å². The van der Waals surface area contributed by atoms with Crippen molar-refractivity contribution in [2.45, 2.75) is 38.3 Å². The van der Waals surface area contributed by atoms with E-state index in [1.165, 1.54) is 0 Å². The lowest BCUT2D eigenvalue weighted by molar-refractivity contribution is -0.136. The molecule has 1 atom stereocenters. The molecule has 1 unspecified atom stereocenters. The molecular weight excluding hydrogens is 626 g/mol. The van der Waals surface area contributed by atoms with Gasteiger partial charge in [-0.15, -0.1) is 0 Å². The molecular formula is C35H29N9O5. The number of aromatic nitrogens is 4. The van der Waals surface area contributed by atoms with Crippen LogP contribution in [0.15, 0.2) is 67.3 Å². The predicted octanol–water partition coefficient (Wildman–Crippen LogP) is 2.20. The number of nitrogens with zero attached hydrogens (tertiary/aromatic N) is 7. The Kier molecular flexibility index (Phi) is 7.56. The minimum atomic E-state index is -1.08. The van der Waals surface area contributed by atoms with E-state index in [2.05, 4.69) is 38.7 Å². The van der Waals surface area contributed by atoms with Crippen molar-refractivity contribution in [3.8, 4) is 23.6 Å². The number of hydrogen-bond donors (Lipinski definition) is 2. The molecule has 3 aliphatic heterocycles. The van der Waals surface area contributed by atoms with Gasteiger partial charge >= 0.3 is 0 Å². The second kappa shape index (κ2) is 11.9. The molecule has 2 fully saturated rings. The second-order valence-corrected chi connectivity index (χ2v) is 12.5. The number of amides is 5. The van der Waals surface area contributed by atoms with Crippen molar-refractivity contribution in [1.29, 1.82) is 5.26 Å². The van der Waals surface area contributed by atoms with Gasteiger partial charge in [-0.3, -0.25) is 38.9 Å². The molecule has 49 heavy (non-hydrogen) atoms. The van der Waals surface area contributed by atoms with Crippen LogP contribution in [0, 0.1) is 29.1 Å². The Bertz CT molecular complexity index is 2160. The molecule has 0 spiro atoms. The van der Waals surface area contributed by atoms with E-state index < -0.39 is 35.2 Å². The van der Waals surface area contributed by atoms with E-state index in [0.717, 1.165) is 10.6 Å². The van der Waals surface area contributed by atoms with Gasteiger partial charge in [-0.05, 0) is 62.7 Å². The number of imide groups is 2.